The van der Waals surface area contributed by atoms with Crippen molar-refractivity contribution >= 4 is 5.82 Å². The molecule has 0 aliphatic carbocycles. The SMILES string of the molecule is CCN(c1ccc(CO)c(C)n1)C(C)COC. The Kier molecular flexibility index (Phi) is 5.38. The number of nitrogens with zero attached hydrogens (tertiary/aromatic N) is 2. The highest BCUT2D eigenvalue weighted by atomic mass is 16.5. The molecule has 0 amide bonds. The largest absolute Gasteiger partial charge is 0.392 e. The highest BCUT2D eigenvalue weighted by Gasteiger charge is 2.14. The lowest BCUT2D eigenvalue weighted by molar-refractivity contribution is 0.181. The van der Waals surface area contributed by atoms with E-state index in [-0.39, 0.29) is 12.6 Å². The van der Waals surface area contributed by atoms with Crippen LogP contribution < -0.4 is 4.90 Å². The van der Waals surface area contributed by atoms with Crippen LogP contribution >= 0.6 is 0 Å². The first-order valence-corrected chi connectivity index (χ1v) is 5.97. The van der Waals surface area contributed by atoms with E-state index < -0.39 is 0 Å². The van der Waals surface area contributed by atoms with Gasteiger partial charge in [-0.05, 0) is 32.4 Å². The van der Waals surface area contributed by atoms with Gasteiger partial charge in [0.2, 0.25) is 0 Å². The van der Waals surface area contributed by atoms with Crippen molar-refractivity contribution in [2.45, 2.75) is 33.4 Å². The molecule has 17 heavy (non-hydrogen) atoms. The zero-order valence-corrected chi connectivity index (χ0v) is 11.1. The number of likely N-dealkylation sites (N-methyl/N-ethyl adjacent to an activating group) is 1. The predicted molar refractivity (Wildman–Crippen MR) is 69.3 cm³/mol. The number of anilines is 1. The Labute approximate surface area is 103 Å². The van der Waals surface area contributed by atoms with Crippen LogP contribution in [0.1, 0.15) is 25.1 Å². The number of aryl methyl sites for hydroxylation is 1. The molecule has 1 heterocycles. The van der Waals surface area contributed by atoms with E-state index in [2.05, 4.69) is 23.7 Å². The monoisotopic (exact) mass is 238 g/mol. The molecule has 0 aliphatic rings. The van der Waals surface area contributed by atoms with E-state index in [0.29, 0.717) is 6.61 Å². The van der Waals surface area contributed by atoms with Crippen LogP contribution in [-0.4, -0.2) is 36.4 Å². The van der Waals surface area contributed by atoms with Crippen LogP contribution in [0.5, 0.6) is 0 Å². The minimum Gasteiger partial charge on any atom is -0.392 e. The molecule has 0 spiro atoms. The number of hydrogen-bond donors (Lipinski definition) is 1. The van der Waals surface area contributed by atoms with Gasteiger partial charge in [-0.15, -0.1) is 0 Å². The second-order valence-corrected chi connectivity index (χ2v) is 4.16. The number of hydrogen-bond acceptors (Lipinski definition) is 4. The first-order chi connectivity index (χ1) is 8.13. The molecule has 0 aliphatic heterocycles. The van der Waals surface area contributed by atoms with Crippen LogP contribution in [0, 0.1) is 6.92 Å². The number of aliphatic hydroxyl groups is 1. The normalized spacial score (nSPS) is 12.5. The molecule has 0 saturated heterocycles. The predicted octanol–water partition coefficient (Wildman–Crippen LogP) is 1.74. The second kappa shape index (κ2) is 6.57. The Morgan fingerprint density at radius 1 is 1.47 bits per heavy atom. The molecular weight excluding hydrogens is 216 g/mol. The van der Waals surface area contributed by atoms with E-state index in [1.165, 1.54) is 0 Å². The minimum atomic E-state index is 0.0405. The van der Waals surface area contributed by atoms with Crippen molar-refractivity contribution in [1.82, 2.24) is 4.98 Å². The van der Waals surface area contributed by atoms with E-state index in [0.717, 1.165) is 23.6 Å². The molecule has 1 unspecified atom stereocenters. The quantitative estimate of drug-likeness (QED) is 0.820. The van der Waals surface area contributed by atoms with Crippen molar-refractivity contribution in [3.8, 4) is 0 Å². The first-order valence-electron chi connectivity index (χ1n) is 5.97. The average molecular weight is 238 g/mol. The first kappa shape index (κ1) is 13.9. The smallest absolute Gasteiger partial charge is 0.129 e. The molecule has 4 heteroatoms. The average Bonchev–Trinajstić information content (AvgIpc) is 2.30. The van der Waals surface area contributed by atoms with Gasteiger partial charge in [0.15, 0.2) is 0 Å². The molecule has 0 bridgehead atoms. The fraction of sp³-hybridized carbons (Fsp3) is 0.615. The molecule has 0 fully saturated rings. The molecular formula is C13H22N2O2. The van der Waals surface area contributed by atoms with Crippen LogP contribution in [-0.2, 0) is 11.3 Å². The summed E-state index contributed by atoms with van der Waals surface area (Å²) in [5, 5.41) is 9.12. The number of ether oxygens (including phenoxy) is 1. The lowest BCUT2D eigenvalue weighted by atomic mass is 10.2. The summed E-state index contributed by atoms with van der Waals surface area (Å²) in [6.45, 7) is 7.74. The van der Waals surface area contributed by atoms with Crippen LogP contribution in [0.4, 0.5) is 5.82 Å². The standard InChI is InChI=1S/C13H22N2O2/c1-5-15(10(2)9-17-4)13-7-6-12(8-16)11(3)14-13/h6-7,10,16H,5,8-9H2,1-4H3. The maximum atomic E-state index is 9.12. The molecule has 96 valence electrons. The number of aromatic nitrogens is 1. The van der Waals surface area contributed by atoms with E-state index in [9.17, 15) is 0 Å². The Balaban J connectivity index is 2.92. The molecule has 1 aromatic rings. The summed E-state index contributed by atoms with van der Waals surface area (Å²) in [4.78, 5) is 6.72. The van der Waals surface area contributed by atoms with Gasteiger partial charge in [-0.25, -0.2) is 4.98 Å². The van der Waals surface area contributed by atoms with Crippen molar-refractivity contribution in [3.05, 3.63) is 23.4 Å². The lowest BCUT2D eigenvalue weighted by Gasteiger charge is -2.29. The van der Waals surface area contributed by atoms with Crippen LogP contribution in [0.2, 0.25) is 0 Å². The summed E-state index contributed by atoms with van der Waals surface area (Å²) in [6, 6.07) is 4.17. The molecule has 1 aromatic heterocycles. The van der Waals surface area contributed by atoms with Gasteiger partial charge in [-0.1, -0.05) is 6.07 Å². The third kappa shape index (κ3) is 3.41. The summed E-state index contributed by atoms with van der Waals surface area (Å²) in [5.41, 5.74) is 1.76. The number of pyridine rings is 1. The maximum absolute atomic E-state index is 9.12. The van der Waals surface area contributed by atoms with Gasteiger partial charge in [0, 0.05) is 19.3 Å². The summed E-state index contributed by atoms with van der Waals surface area (Å²) < 4.78 is 5.17. The molecule has 4 nitrogen and oxygen atoms in total. The Morgan fingerprint density at radius 2 is 2.18 bits per heavy atom. The third-order valence-electron chi connectivity index (χ3n) is 2.93. The fourth-order valence-electron chi connectivity index (χ4n) is 1.93. The number of rotatable bonds is 6. The van der Waals surface area contributed by atoms with Gasteiger partial charge in [-0.3, -0.25) is 0 Å². The molecule has 1 rings (SSSR count). The maximum Gasteiger partial charge on any atom is 0.129 e. The molecule has 1 N–H and O–H groups in total. The van der Waals surface area contributed by atoms with E-state index in [1.54, 1.807) is 7.11 Å². The second-order valence-electron chi connectivity index (χ2n) is 4.16. The minimum absolute atomic E-state index is 0.0405. The van der Waals surface area contributed by atoms with Gasteiger partial charge < -0.3 is 14.7 Å². The van der Waals surface area contributed by atoms with Gasteiger partial charge in [0.1, 0.15) is 5.82 Å². The Bertz CT molecular complexity index is 355. The molecule has 0 saturated carbocycles. The zero-order valence-electron chi connectivity index (χ0n) is 11.1. The highest BCUT2D eigenvalue weighted by molar-refractivity contribution is 5.42. The lowest BCUT2D eigenvalue weighted by Crippen LogP contribution is -2.36. The number of aliphatic hydroxyl groups excluding tert-OH is 1. The van der Waals surface area contributed by atoms with E-state index >= 15 is 0 Å². The fourth-order valence-corrected chi connectivity index (χ4v) is 1.93. The van der Waals surface area contributed by atoms with Gasteiger partial charge in [0.25, 0.3) is 0 Å². The third-order valence-corrected chi connectivity index (χ3v) is 2.93. The van der Waals surface area contributed by atoms with Gasteiger partial charge >= 0.3 is 0 Å². The van der Waals surface area contributed by atoms with Crippen LogP contribution in [0.25, 0.3) is 0 Å². The molecule has 0 aromatic carbocycles. The topological polar surface area (TPSA) is 45.6 Å². The van der Waals surface area contributed by atoms with Gasteiger partial charge in [-0.2, -0.15) is 0 Å². The van der Waals surface area contributed by atoms with E-state index in [4.69, 9.17) is 9.84 Å². The van der Waals surface area contributed by atoms with Crippen LogP contribution in [0.15, 0.2) is 12.1 Å². The van der Waals surface area contributed by atoms with Crippen molar-refractivity contribution in [2.75, 3.05) is 25.2 Å². The Morgan fingerprint density at radius 3 is 2.65 bits per heavy atom. The Hall–Kier alpha value is -1.13. The highest BCUT2D eigenvalue weighted by Crippen LogP contribution is 2.17. The summed E-state index contributed by atoms with van der Waals surface area (Å²) >= 11 is 0. The van der Waals surface area contributed by atoms with E-state index in [1.807, 2.05) is 19.1 Å². The molecule has 1 atom stereocenters. The zero-order chi connectivity index (χ0) is 12.8. The number of methoxy groups -OCH3 is 1. The summed E-state index contributed by atoms with van der Waals surface area (Å²) in [5.74, 6) is 0.937. The van der Waals surface area contributed by atoms with Gasteiger partial charge in [0.05, 0.1) is 19.3 Å². The molecule has 0 radical (unpaired) electrons. The van der Waals surface area contributed by atoms with Crippen molar-refractivity contribution in [3.63, 3.8) is 0 Å². The summed E-state index contributed by atoms with van der Waals surface area (Å²) in [7, 11) is 1.71. The van der Waals surface area contributed by atoms with Crippen molar-refractivity contribution < 1.29 is 9.84 Å². The van der Waals surface area contributed by atoms with Crippen molar-refractivity contribution in [2.24, 2.45) is 0 Å². The van der Waals surface area contributed by atoms with Crippen molar-refractivity contribution in [1.29, 1.82) is 0 Å². The summed E-state index contributed by atoms with van der Waals surface area (Å²) in [6.07, 6.45) is 0. The van der Waals surface area contributed by atoms with Crippen LogP contribution in [0.3, 0.4) is 0 Å².